The van der Waals surface area contributed by atoms with E-state index in [1.165, 1.54) is 19.3 Å². The molecule has 4 fully saturated rings. The average molecular weight is 341 g/mol. The molecule has 4 aliphatic rings. The zero-order valence-corrected chi connectivity index (χ0v) is 15.0. The largest absolute Gasteiger partial charge is 0.366 e. The van der Waals surface area contributed by atoms with E-state index in [0.29, 0.717) is 22.1 Å². The van der Waals surface area contributed by atoms with Gasteiger partial charge in [0.25, 0.3) is 0 Å². The fraction of sp³-hybridized carbons (Fsp3) is 0.600. The van der Waals surface area contributed by atoms with E-state index < -0.39 is 5.91 Å². The minimum atomic E-state index is -0.467. The second kappa shape index (κ2) is 5.23. The van der Waals surface area contributed by atoms with Crippen molar-refractivity contribution >= 4 is 17.6 Å². The average Bonchev–Trinajstić information content (AvgIpc) is 2.42. The Morgan fingerprint density at radius 3 is 2.12 bits per heavy atom. The lowest BCUT2D eigenvalue weighted by atomic mass is 9.43. The number of amides is 3. The highest BCUT2D eigenvalue weighted by Crippen LogP contribution is 2.66. The summed E-state index contributed by atoms with van der Waals surface area (Å²) in [7, 11) is 0. The van der Waals surface area contributed by atoms with Gasteiger partial charge < -0.3 is 16.4 Å². The summed E-state index contributed by atoms with van der Waals surface area (Å²) >= 11 is 0. The zero-order chi connectivity index (χ0) is 17.9. The molecule has 4 N–H and O–H groups in total. The Bertz CT molecular complexity index is 709. The monoisotopic (exact) mass is 341 g/mol. The Kier molecular flexibility index (Phi) is 3.44. The van der Waals surface area contributed by atoms with Crippen molar-refractivity contribution in [1.29, 1.82) is 0 Å². The summed E-state index contributed by atoms with van der Waals surface area (Å²) in [6.07, 6.45) is 7.17. The number of benzene rings is 1. The minimum absolute atomic E-state index is 0.0693. The number of primary amides is 1. The molecule has 0 aliphatic heterocycles. The number of hydrogen-bond donors (Lipinski definition) is 3. The SMILES string of the molecule is C[C@]12CC3CC(NC(=O)Nc4ccc(C(N)=O)cc4)(C1)C[C@@](C)(C3)C2. The lowest BCUT2D eigenvalue weighted by molar-refractivity contribution is -0.113. The van der Waals surface area contributed by atoms with Gasteiger partial charge in [0.2, 0.25) is 5.91 Å². The van der Waals surface area contributed by atoms with Crippen molar-refractivity contribution in [3.05, 3.63) is 29.8 Å². The summed E-state index contributed by atoms with van der Waals surface area (Å²) in [6.45, 7) is 4.79. The summed E-state index contributed by atoms with van der Waals surface area (Å²) in [4.78, 5) is 23.7. The first kappa shape index (κ1) is 16.4. The highest BCUT2D eigenvalue weighted by molar-refractivity contribution is 5.94. The molecule has 25 heavy (non-hydrogen) atoms. The Balaban J connectivity index is 1.46. The molecule has 1 aromatic rings. The molecule has 4 bridgehead atoms. The molecule has 134 valence electrons. The molecular weight excluding hydrogens is 314 g/mol. The van der Waals surface area contributed by atoms with Crippen molar-refractivity contribution in [3.8, 4) is 0 Å². The van der Waals surface area contributed by atoms with Crippen molar-refractivity contribution in [2.75, 3.05) is 5.32 Å². The van der Waals surface area contributed by atoms with Gasteiger partial charge in [-0.1, -0.05) is 13.8 Å². The normalized spacial score (nSPS) is 38.4. The summed E-state index contributed by atoms with van der Waals surface area (Å²) in [6, 6.07) is 6.53. The van der Waals surface area contributed by atoms with Gasteiger partial charge in [-0.3, -0.25) is 4.79 Å². The molecular formula is C20H27N3O2. The summed E-state index contributed by atoms with van der Waals surface area (Å²) in [5.41, 5.74) is 7.02. The molecule has 5 rings (SSSR count). The number of nitrogens with one attached hydrogen (secondary N) is 2. The van der Waals surface area contributed by atoms with Gasteiger partial charge in [-0.25, -0.2) is 4.79 Å². The smallest absolute Gasteiger partial charge is 0.319 e. The van der Waals surface area contributed by atoms with Crippen molar-refractivity contribution in [2.45, 2.75) is 57.9 Å². The van der Waals surface area contributed by atoms with Gasteiger partial charge in [0, 0.05) is 16.8 Å². The number of urea groups is 1. The van der Waals surface area contributed by atoms with Gasteiger partial charge in [0.1, 0.15) is 0 Å². The summed E-state index contributed by atoms with van der Waals surface area (Å²) in [5, 5.41) is 6.23. The van der Waals surface area contributed by atoms with E-state index >= 15 is 0 Å². The van der Waals surface area contributed by atoms with Crippen LogP contribution in [0.1, 0.15) is 62.7 Å². The maximum atomic E-state index is 12.6. The number of carbonyl (C=O) groups is 2. The molecule has 0 radical (unpaired) electrons. The van der Waals surface area contributed by atoms with Gasteiger partial charge in [-0.05, 0) is 79.5 Å². The van der Waals surface area contributed by atoms with Crippen LogP contribution in [0.5, 0.6) is 0 Å². The fourth-order valence-electron chi connectivity index (χ4n) is 6.71. The first-order valence-electron chi connectivity index (χ1n) is 9.18. The molecule has 0 spiro atoms. The van der Waals surface area contributed by atoms with E-state index in [-0.39, 0.29) is 11.6 Å². The number of rotatable bonds is 3. The van der Waals surface area contributed by atoms with Crippen LogP contribution in [0.4, 0.5) is 10.5 Å². The van der Waals surface area contributed by atoms with E-state index in [2.05, 4.69) is 24.5 Å². The third-order valence-corrected chi connectivity index (χ3v) is 6.43. The Hall–Kier alpha value is -2.04. The molecule has 5 heteroatoms. The van der Waals surface area contributed by atoms with Crippen LogP contribution in [0.2, 0.25) is 0 Å². The van der Waals surface area contributed by atoms with Crippen molar-refractivity contribution in [2.24, 2.45) is 22.5 Å². The van der Waals surface area contributed by atoms with Crippen molar-refractivity contribution in [1.82, 2.24) is 5.32 Å². The minimum Gasteiger partial charge on any atom is -0.366 e. The van der Waals surface area contributed by atoms with Gasteiger partial charge in [-0.15, -0.1) is 0 Å². The Morgan fingerprint density at radius 2 is 1.60 bits per heavy atom. The molecule has 4 aliphatic carbocycles. The van der Waals surface area contributed by atoms with Crippen LogP contribution in [0.15, 0.2) is 24.3 Å². The number of anilines is 1. The van der Waals surface area contributed by atoms with Crippen LogP contribution in [-0.4, -0.2) is 17.5 Å². The predicted molar refractivity (Wildman–Crippen MR) is 97.3 cm³/mol. The lowest BCUT2D eigenvalue weighted by Crippen LogP contribution is -2.65. The molecule has 0 heterocycles. The van der Waals surface area contributed by atoms with Crippen LogP contribution in [0.25, 0.3) is 0 Å². The molecule has 2 unspecified atom stereocenters. The second-order valence-electron chi connectivity index (χ2n) is 9.43. The first-order chi connectivity index (χ1) is 11.7. The first-order valence-corrected chi connectivity index (χ1v) is 9.18. The van der Waals surface area contributed by atoms with Crippen molar-refractivity contribution < 1.29 is 9.59 Å². The third kappa shape index (κ3) is 3.00. The highest BCUT2D eigenvalue weighted by atomic mass is 16.2. The van der Waals surface area contributed by atoms with Gasteiger partial charge in [-0.2, -0.15) is 0 Å². The van der Waals surface area contributed by atoms with Crippen LogP contribution < -0.4 is 16.4 Å². The Morgan fingerprint density at radius 1 is 1.00 bits per heavy atom. The fourth-order valence-corrected chi connectivity index (χ4v) is 6.71. The molecule has 4 saturated carbocycles. The quantitative estimate of drug-likeness (QED) is 0.784. The van der Waals surface area contributed by atoms with Gasteiger partial charge >= 0.3 is 6.03 Å². The van der Waals surface area contributed by atoms with E-state index in [0.717, 1.165) is 25.2 Å². The van der Waals surface area contributed by atoms with E-state index in [1.807, 2.05) is 0 Å². The highest BCUT2D eigenvalue weighted by Gasteiger charge is 2.60. The van der Waals surface area contributed by atoms with Crippen LogP contribution in [0, 0.1) is 16.7 Å². The van der Waals surface area contributed by atoms with E-state index in [9.17, 15) is 9.59 Å². The van der Waals surface area contributed by atoms with E-state index in [4.69, 9.17) is 5.73 Å². The topological polar surface area (TPSA) is 84.2 Å². The number of carbonyl (C=O) groups excluding carboxylic acids is 2. The zero-order valence-electron chi connectivity index (χ0n) is 15.0. The van der Waals surface area contributed by atoms with Crippen LogP contribution in [0.3, 0.4) is 0 Å². The predicted octanol–water partition coefficient (Wildman–Crippen LogP) is 3.66. The molecule has 0 saturated heterocycles. The maximum Gasteiger partial charge on any atom is 0.319 e. The molecule has 0 aromatic heterocycles. The van der Waals surface area contributed by atoms with Crippen molar-refractivity contribution in [3.63, 3.8) is 0 Å². The summed E-state index contributed by atoms with van der Waals surface area (Å²) in [5.74, 6) is 0.271. The molecule has 1 aromatic carbocycles. The standard InChI is InChI=1S/C20H27N3O2/c1-18-7-13-8-19(2,10-18)12-20(9-13,11-18)23-17(25)22-15-5-3-14(4-6-15)16(21)24/h3-6,13H,7-12H2,1-2H3,(H2,21,24)(H2,22,23,25)/t13?,18-,19+,20?. The second-order valence-corrected chi connectivity index (χ2v) is 9.43. The lowest BCUT2D eigenvalue weighted by Gasteiger charge is -2.65. The van der Waals surface area contributed by atoms with Crippen LogP contribution in [-0.2, 0) is 0 Å². The molecule has 4 atom stereocenters. The van der Waals surface area contributed by atoms with Gasteiger partial charge in [0.15, 0.2) is 0 Å². The van der Waals surface area contributed by atoms with Gasteiger partial charge in [0.05, 0.1) is 0 Å². The molecule has 5 nitrogen and oxygen atoms in total. The van der Waals surface area contributed by atoms with Crippen LogP contribution >= 0.6 is 0 Å². The van der Waals surface area contributed by atoms with E-state index in [1.54, 1.807) is 24.3 Å². The number of hydrogen-bond acceptors (Lipinski definition) is 2. The number of nitrogens with two attached hydrogens (primary N) is 1. The Labute approximate surface area is 148 Å². The molecule has 3 amide bonds. The summed E-state index contributed by atoms with van der Waals surface area (Å²) < 4.78 is 0. The third-order valence-electron chi connectivity index (χ3n) is 6.43. The maximum absolute atomic E-state index is 12.6.